The Morgan fingerprint density at radius 1 is 1.40 bits per heavy atom. The number of carbonyl (C=O) groups excluding carboxylic acids is 1. The zero-order chi connectivity index (χ0) is 10.5. The average molecular weight is 204 g/mol. The molecule has 0 unspecified atom stereocenters. The second-order valence-corrected chi connectivity index (χ2v) is 3.43. The number of hydrogen-bond donors (Lipinski definition) is 0. The van der Waals surface area contributed by atoms with Crippen molar-refractivity contribution in [3.8, 4) is 0 Å². The molecule has 0 saturated heterocycles. The third kappa shape index (κ3) is 2.59. The van der Waals surface area contributed by atoms with Gasteiger partial charge in [0.2, 0.25) is 5.76 Å². The second kappa shape index (κ2) is 4.64. The Bertz CT molecular complexity index is 372. The normalized spacial score (nSPS) is 19.3. The summed E-state index contributed by atoms with van der Waals surface area (Å²) in [4.78, 5) is 10.5. The van der Waals surface area contributed by atoms with Crippen molar-refractivity contribution < 1.29 is 14.3 Å². The van der Waals surface area contributed by atoms with Crippen LogP contribution in [0.25, 0.3) is 0 Å². The first-order chi connectivity index (χ1) is 7.38. The summed E-state index contributed by atoms with van der Waals surface area (Å²) in [5.74, 6) is 0.903. The quantitative estimate of drug-likeness (QED) is 0.663. The highest BCUT2D eigenvalue weighted by atomic mass is 16.5. The largest absolute Gasteiger partial charge is 0.465 e. The van der Waals surface area contributed by atoms with Crippen molar-refractivity contribution in [3.63, 3.8) is 0 Å². The van der Waals surface area contributed by atoms with Crippen LogP contribution < -0.4 is 0 Å². The van der Waals surface area contributed by atoms with Crippen molar-refractivity contribution in [2.24, 2.45) is 0 Å². The van der Waals surface area contributed by atoms with Gasteiger partial charge in [-0.05, 0) is 12.8 Å². The Morgan fingerprint density at radius 3 is 3.07 bits per heavy atom. The van der Waals surface area contributed by atoms with Crippen LogP contribution in [0.2, 0.25) is 0 Å². The number of rotatable bonds is 3. The molecule has 0 amide bonds. The Kier molecular flexibility index (Phi) is 3.02. The topological polar surface area (TPSA) is 35.5 Å². The van der Waals surface area contributed by atoms with Crippen molar-refractivity contribution in [2.45, 2.75) is 19.3 Å². The molecule has 0 aromatic carbocycles. The number of ether oxygens (including phenoxy) is 2. The van der Waals surface area contributed by atoms with Crippen molar-refractivity contribution in [3.05, 3.63) is 47.8 Å². The molecule has 78 valence electrons. The predicted molar refractivity (Wildman–Crippen MR) is 55.5 cm³/mol. The predicted octanol–water partition coefficient (Wildman–Crippen LogP) is 2.58. The highest BCUT2D eigenvalue weighted by molar-refractivity contribution is 5.70. The number of hydrogen-bond acceptors (Lipinski definition) is 3. The van der Waals surface area contributed by atoms with Crippen LogP contribution in [-0.4, -0.2) is 6.29 Å². The van der Waals surface area contributed by atoms with Crippen LogP contribution in [0.1, 0.15) is 19.3 Å². The van der Waals surface area contributed by atoms with Gasteiger partial charge in [-0.2, -0.15) is 0 Å². The van der Waals surface area contributed by atoms with E-state index in [0.717, 1.165) is 12.8 Å². The summed E-state index contributed by atoms with van der Waals surface area (Å²) >= 11 is 0. The first-order valence-electron chi connectivity index (χ1n) is 4.91. The molecule has 0 aromatic rings. The standard InChI is InChI=1S/C12H12O3/c13-7-12-9-14-8-11(15-12)6-10-4-2-1-3-5-10/h1-2,4,7-9H,3,5-6H2. The van der Waals surface area contributed by atoms with Gasteiger partial charge in [0.1, 0.15) is 18.3 Å². The molecule has 0 bridgehead atoms. The van der Waals surface area contributed by atoms with Crippen molar-refractivity contribution >= 4 is 6.29 Å². The zero-order valence-corrected chi connectivity index (χ0v) is 8.31. The van der Waals surface area contributed by atoms with Gasteiger partial charge in [-0.3, -0.25) is 4.79 Å². The van der Waals surface area contributed by atoms with Crippen molar-refractivity contribution in [1.29, 1.82) is 0 Å². The molecule has 0 aromatic heterocycles. The summed E-state index contributed by atoms with van der Waals surface area (Å²) in [5, 5.41) is 0. The maximum absolute atomic E-state index is 10.5. The molecule has 3 nitrogen and oxygen atoms in total. The van der Waals surface area contributed by atoms with E-state index in [-0.39, 0.29) is 5.76 Å². The van der Waals surface area contributed by atoms with Crippen LogP contribution in [0.3, 0.4) is 0 Å². The van der Waals surface area contributed by atoms with Crippen LogP contribution >= 0.6 is 0 Å². The monoisotopic (exact) mass is 204 g/mol. The fourth-order valence-corrected chi connectivity index (χ4v) is 1.53. The summed E-state index contributed by atoms with van der Waals surface area (Å²) in [6.45, 7) is 0. The van der Waals surface area contributed by atoms with E-state index in [1.165, 1.54) is 18.1 Å². The lowest BCUT2D eigenvalue weighted by Gasteiger charge is -2.15. The van der Waals surface area contributed by atoms with Gasteiger partial charge in [0, 0.05) is 6.42 Å². The van der Waals surface area contributed by atoms with Crippen LogP contribution in [0.5, 0.6) is 0 Å². The molecular weight excluding hydrogens is 192 g/mol. The first kappa shape index (κ1) is 9.77. The second-order valence-electron chi connectivity index (χ2n) is 3.43. The molecule has 1 aliphatic heterocycles. The third-order valence-corrected chi connectivity index (χ3v) is 2.25. The van der Waals surface area contributed by atoms with E-state index >= 15 is 0 Å². The first-order valence-corrected chi connectivity index (χ1v) is 4.91. The van der Waals surface area contributed by atoms with Gasteiger partial charge >= 0.3 is 0 Å². The molecule has 2 aliphatic rings. The minimum Gasteiger partial charge on any atom is -0.465 e. The maximum Gasteiger partial charge on any atom is 0.201 e. The lowest BCUT2D eigenvalue weighted by molar-refractivity contribution is -0.107. The molecule has 3 heteroatoms. The molecule has 0 N–H and O–H groups in total. The molecule has 2 rings (SSSR count). The Labute approximate surface area is 88.4 Å². The molecule has 0 fully saturated rings. The van der Waals surface area contributed by atoms with Gasteiger partial charge in [0.15, 0.2) is 6.29 Å². The molecule has 15 heavy (non-hydrogen) atoms. The van der Waals surface area contributed by atoms with E-state index < -0.39 is 0 Å². The highest BCUT2D eigenvalue weighted by Gasteiger charge is 2.11. The number of carbonyl (C=O) groups is 1. The van der Waals surface area contributed by atoms with Gasteiger partial charge in [-0.1, -0.05) is 23.8 Å². The minimum absolute atomic E-state index is 0.222. The summed E-state index contributed by atoms with van der Waals surface area (Å²) < 4.78 is 10.3. The molecule has 1 aliphatic carbocycles. The third-order valence-electron chi connectivity index (χ3n) is 2.25. The van der Waals surface area contributed by atoms with E-state index in [1.807, 2.05) is 6.08 Å². The summed E-state index contributed by atoms with van der Waals surface area (Å²) in [6, 6.07) is 0. The SMILES string of the molecule is O=CC1=COC=C(CC2=CC=CCC2)O1. The lowest BCUT2D eigenvalue weighted by atomic mass is 10.0. The van der Waals surface area contributed by atoms with Crippen LogP contribution in [0.15, 0.2) is 47.8 Å². The molecular formula is C12H12O3. The molecule has 0 saturated carbocycles. The van der Waals surface area contributed by atoms with E-state index in [2.05, 4.69) is 12.2 Å². The van der Waals surface area contributed by atoms with Gasteiger partial charge in [0.25, 0.3) is 0 Å². The van der Waals surface area contributed by atoms with Gasteiger partial charge < -0.3 is 9.47 Å². The maximum atomic E-state index is 10.5. The van der Waals surface area contributed by atoms with Gasteiger partial charge in [-0.15, -0.1) is 0 Å². The van der Waals surface area contributed by atoms with Gasteiger partial charge in [0.05, 0.1) is 0 Å². The van der Waals surface area contributed by atoms with Crippen LogP contribution in [0, 0.1) is 0 Å². The fourth-order valence-electron chi connectivity index (χ4n) is 1.53. The summed E-state index contributed by atoms with van der Waals surface area (Å²) in [7, 11) is 0. The smallest absolute Gasteiger partial charge is 0.201 e. The summed E-state index contributed by atoms with van der Waals surface area (Å²) in [5.41, 5.74) is 1.29. The van der Waals surface area contributed by atoms with Crippen LogP contribution in [0.4, 0.5) is 0 Å². The van der Waals surface area contributed by atoms with E-state index in [9.17, 15) is 4.79 Å². The lowest BCUT2D eigenvalue weighted by Crippen LogP contribution is -2.02. The Hall–Kier alpha value is -1.77. The number of allylic oxidation sites excluding steroid dienone is 5. The van der Waals surface area contributed by atoms with Crippen molar-refractivity contribution in [2.75, 3.05) is 0 Å². The average Bonchev–Trinajstić information content (AvgIpc) is 2.31. The van der Waals surface area contributed by atoms with E-state index in [4.69, 9.17) is 9.47 Å². The fraction of sp³-hybridized carbons (Fsp3) is 0.250. The highest BCUT2D eigenvalue weighted by Crippen LogP contribution is 2.23. The molecule has 0 spiro atoms. The Balaban J connectivity index is 1.95. The molecule has 0 radical (unpaired) electrons. The number of aldehydes is 1. The minimum atomic E-state index is 0.222. The zero-order valence-electron chi connectivity index (χ0n) is 8.31. The van der Waals surface area contributed by atoms with Crippen LogP contribution in [-0.2, 0) is 14.3 Å². The molecule has 1 heterocycles. The summed E-state index contributed by atoms with van der Waals surface area (Å²) in [6.07, 6.45) is 12.5. The van der Waals surface area contributed by atoms with Gasteiger partial charge in [-0.25, -0.2) is 0 Å². The van der Waals surface area contributed by atoms with E-state index in [0.29, 0.717) is 18.5 Å². The Morgan fingerprint density at radius 2 is 2.33 bits per heavy atom. The van der Waals surface area contributed by atoms with E-state index in [1.54, 1.807) is 0 Å². The molecule has 0 atom stereocenters. The van der Waals surface area contributed by atoms with Crippen molar-refractivity contribution in [1.82, 2.24) is 0 Å².